The van der Waals surface area contributed by atoms with Crippen LogP contribution in [0.1, 0.15) is 0 Å². The summed E-state index contributed by atoms with van der Waals surface area (Å²) in [5.41, 5.74) is 10.1. The monoisotopic (exact) mass is 761 g/mol. The van der Waals surface area contributed by atoms with Crippen LogP contribution in [0.5, 0.6) is 0 Å². The highest BCUT2D eigenvalue weighted by Crippen LogP contribution is 2.43. The number of hydrogen-bond donors (Lipinski definition) is 0. The van der Waals surface area contributed by atoms with Gasteiger partial charge in [0.1, 0.15) is 0 Å². The van der Waals surface area contributed by atoms with E-state index in [4.69, 9.17) is 15.0 Å². The highest BCUT2D eigenvalue weighted by Gasteiger charge is 2.18. The third kappa shape index (κ3) is 5.79. The van der Waals surface area contributed by atoms with Crippen LogP contribution in [0.3, 0.4) is 0 Å². The van der Waals surface area contributed by atoms with Crippen LogP contribution in [0.4, 0.5) is 0 Å². The third-order valence-corrected chi connectivity index (χ3v) is 12.0. The van der Waals surface area contributed by atoms with Crippen molar-refractivity contribution in [1.82, 2.24) is 15.0 Å². The Kier molecular flexibility index (Phi) is 7.85. The van der Waals surface area contributed by atoms with E-state index in [9.17, 15) is 0 Å². The number of rotatable bonds is 5. The summed E-state index contributed by atoms with van der Waals surface area (Å²) in [6.07, 6.45) is 0. The lowest BCUT2D eigenvalue weighted by Gasteiger charge is -2.17. The Balaban J connectivity index is 1.08. The molecule has 0 amide bonds. The van der Waals surface area contributed by atoms with Gasteiger partial charge in [0.15, 0.2) is 5.82 Å². The average Bonchev–Trinajstić information content (AvgIpc) is 3.32. The lowest BCUT2D eigenvalue weighted by molar-refractivity contribution is 1.18. The molecule has 0 aliphatic carbocycles. The van der Waals surface area contributed by atoms with E-state index >= 15 is 0 Å². The summed E-state index contributed by atoms with van der Waals surface area (Å²) < 4.78 is 0. The summed E-state index contributed by atoms with van der Waals surface area (Å²) >= 11 is 0. The quantitative estimate of drug-likeness (QED) is 0.164. The maximum absolute atomic E-state index is 5.39. The molecule has 0 saturated heterocycles. The van der Waals surface area contributed by atoms with Crippen molar-refractivity contribution in [3.8, 4) is 56.3 Å². The predicted molar refractivity (Wildman–Crippen MR) is 252 cm³/mol. The number of pyridine rings is 1. The van der Waals surface area contributed by atoms with Gasteiger partial charge in [-0.15, -0.1) is 0 Å². The molecule has 2 heterocycles. The molecule has 0 radical (unpaired) electrons. The van der Waals surface area contributed by atoms with E-state index < -0.39 is 0 Å². The molecule has 0 fully saturated rings. The Bertz CT molecular complexity index is 3580. The van der Waals surface area contributed by atoms with E-state index in [2.05, 4.69) is 212 Å². The number of fused-ring (bicyclic) bond motifs is 8. The molecule has 3 heteroatoms. The van der Waals surface area contributed by atoms with Crippen molar-refractivity contribution in [3.05, 3.63) is 212 Å². The van der Waals surface area contributed by atoms with E-state index in [0.29, 0.717) is 5.82 Å². The van der Waals surface area contributed by atoms with Gasteiger partial charge in [0, 0.05) is 38.4 Å². The van der Waals surface area contributed by atoms with E-state index in [0.717, 1.165) is 72.1 Å². The van der Waals surface area contributed by atoms with Crippen molar-refractivity contribution in [2.45, 2.75) is 0 Å². The Morgan fingerprint density at radius 3 is 1.45 bits per heavy atom. The number of benzene rings is 10. The molecule has 0 atom stereocenters. The zero-order valence-electron chi connectivity index (χ0n) is 32.5. The average molecular weight is 762 g/mol. The van der Waals surface area contributed by atoms with E-state index in [1.54, 1.807) is 0 Å². The summed E-state index contributed by atoms with van der Waals surface area (Å²) in [6.45, 7) is 0. The molecule has 0 saturated carbocycles. The first-order valence-electron chi connectivity index (χ1n) is 20.4. The molecule has 0 aliphatic rings. The Hall–Kier alpha value is -8.01. The lowest BCUT2D eigenvalue weighted by Crippen LogP contribution is -1.96. The van der Waals surface area contributed by atoms with Crippen LogP contribution in [-0.2, 0) is 0 Å². The van der Waals surface area contributed by atoms with Gasteiger partial charge < -0.3 is 0 Å². The van der Waals surface area contributed by atoms with Gasteiger partial charge in [-0.05, 0) is 96.7 Å². The van der Waals surface area contributed by atoms with Gasteiger partial charge in [0.25, 0.3) is 0 Å². The molecule has 12 aromatic rings. The number of aromatic nitrogens is 3. The van der Waals surface area contributed by atoms with Crippen LogP contribution in [-0.4, -0.2) is 15.0 Å². The topological polar surface area (TPSA) is 38.7 Å². The van der Waals surface area contributed by atoms with Crippen LogP contribution in [0.15, 0.2) is 212 Å². The number of para-hydroxylation sites is 1. The Morgan fingerprint density at radius 2 is 0.767 bits per heavy atom. The van der Waals surface area contributed by atoms with E-state index in [1.165, 1.54) is 43.1 Å². The van der Waals surface area contributed by atoms with Crippen LogP contribution < -0.4 is 0 Å². The van der Waals surface area contributed by atoms with Gasteiger partial charge in [-0.2, -0.15) is 0 Å². The van der Waals surface area contributed by atoms with Gasteiger partial charge in [0.05, 0.1) is 22.6 Å². The van der Waals surface area contributed by atoms with Gasteiger partial charge in [-0.1, -0.05) is 170 Å². The van der Waals surface area contributed by atoms with Crippen LogP contribution in [0, 0.1) is 0 Å². The van der Waals surface area contributed by atoms with Crippen molar-refractivity contribution < 1.29 is 0 Å². The second kappa shape index (κ2) is 13.8. The summed E-state index contributed by atoms with van der Waals surface area (Å²) in [7, 11) is 0. The molecule has 0 unspecified atom stereocenters. The standard InChI is InChI=1S/C57H35N3/c1-4-15-39-30-44(27-24-36(39)12-1)54-35-53(59-57(60-54)46-29-26-38-14-3-6-17-41(38)32-46)43-19-11-18-42(33-43)50-34-51-55(48-21-8-7-20-47(48)50)49-22-9-10-23-52(49)58-56(51)45-28-25-37-13-2-5-16-40(37)31-45/h1-35H. The summed E-state index contributed by atoms with van der Waals surface area (Å²) in [4.78, 5) is 15.9. The highest BCUT2D eigenvalue weighted by molar-refractivity contribution is 6.25. The molecule has 0 bridgehead atoms. The van der Waals surface area contributed by atoms with Crippen LogP contribution in [0.25, 0.3) is 121 Å². The summed E-state index contributed by atoms with van der Waals surface area (Å²) in [5.74, 6) is 0.695. The third-order valence-electron chi connectivity index (χ3n) is 12.0. The lowest BCUT2D eigenvalue weighted by atomic mass is 9.89. The predicted octanol–water partition coefficient (Wildman–Crippen LogP) is 15.1. The maximum atomic E-state index is 5.39. The molecule has 0 aliphatic heterocycles. The zero-order chi connectivity index (χ0) is 39.6. The van der Waals surface area contributed by atoms with Crippen molar-refractivity contribution in [2.75, 3.05) is 0 Å². The van der Waals surface area contributed by atoms with Crippen LogP contribution >= 0.6 is 0 Å². The SMILES string of the molecule is c1cc(-c2cc(-c3ccc4ccccc4c3)nc(-c3ccc4ccccc4c3)n2)cc(-c2cc3c(-c4ccc5ccccc5c4)nc4ccccc4c3c3ccccc23)c1. The molecule has 0 N–H and O–H groups in total. The fourth-order valence-electron chi connectivity index (χ4n) is 9.01. The van der Waals surface area contributed by atoms with E-state index in [-0.39, 0.29) is 0 Å². The molecular weight excluding hydrogens is 727 g/mol. The minimum atomic E-state index is 0.695. The molecule has 12 rings (SSSR count). The molecular formula is C57H35N3. The number of hydrogen-bond acceptors (Lipinski definition) is 3. The Labute approximate surface area is 346 Å². The van der Waals surface area contributed by atoms with Crippen molar-refractivity contribution in [3.63, 3.8) is 0 Å². The van der Waals surface area contributed by atoms with Gasteiger partial charge >= 0.3 is 0 Å². The maximum Gasteiger partial charge on any atom is 0.160 e. The van der Waals surface area contributed by atoms with Gasteiger partial charge in [0.2, 0.25) is 0 Å². The molecule has 278 valence electrons. The summed E-state index contributed by atoms with van der Waals surface area (Å²) in [6, 6.07) is 75.9. The van der Waals surface area contributed by atoms with Gasteiger partial charge in [-0.3, -0.25) is 0 Å². The number of nitrogens with zero attached hydrogens (tertiary/aromatic N) is 3. The zero-order valence-corrected chi connectivity index (χ0v) is 32.5. The first-order valence-corrected chi connectivity index (χ1v) is 20.4. The molecule has 0 spiro atoms. The summed E-state index contributed by atoms with van der Waals surface area (Å²) in [5, 5.41) is 13.0. The smallest absolute Gasteiger partial charge is 0.160 e. The minimum Gasteiger partial charge on any atom is -0.247 e. The second-order valence-corrected chi connectivity index (χ2v) is 15.6. The Morgan fingerprint density at radius 1 is 0.267 bits per heavy atom. The van der Waals surface area contributed by atoms with E-state index in [1.807, 2.05) is 0 Å². The molecule has 3 nitrogen and oxygen atoms in total. The first kappa shape index (κ1) is 34.1. The molecule has 10 aromatic carbocycles. The van der Waals surface area contributed by atoms with Crippen LogP contribution in [0.2, 0.25) is 0 Å². The fraction of sp³-hybridized carbons (Fsp3) is 0. The van der Waals surface area contributed by atoms with Crippen molar-refractivity contribution in [2.24, 2.45) is 0 Å². The first-order chi connectivity index (χ1) is 29.7. The molecule has 60 heavy (non-hydrogen) atoms. The largest absolute Gasteiger partial charge is 0.247 e. The molecule has 2 aromatic heterocycles. The fourth-order valence-corrected chi connectivity index (χ4v) is 9.01. The van der Waals surface area contributed by atoms with Crippen molar-refractivity contribution in [1.29, 1.82) is 0 Å². The van der Waals surface area contributed by atoms with Gasteiger partial charge in [-0.25, -0.2) is 15.0 Å². The second-order valence-electron chi connectivity index (χ2n) is 15.6. The highest BCUT2D eigenvalue weighted by atomic mass is 14.9. The minimum absolute atomic E-state index is 0.695. The normalized spacial score (nSPS) is 11.7. The van der Waals surface area contributed by atoms with Crippen molar-refractivity contribution >= 4 is 64.8 Å².